The Morgan fingerprint density at radius 3 is 2.67 bits per heavy atom. The first-order chi connectivity index (χ1) is 8.51. The van der Waals surface area contributed by atoms with Crippen molar-refractivity contribution in [3.63, 3.8) is 0 Å². The Hall–Kier alpha value is -1.13. The molecule has 0 saturated heterocycles. The SMILES string of the molecule is CCOc1ccc(C(C)(C)CNCCN)cc1F. The molecule has 0 aliphatic rings. The lowest BCUT2D eigenvalue weighted by Crippen LogP contribution is -2.35. The van der Waals surface area contributed by atoms with Crippen molar-refractivity contribution in [2.24, 2.45) is 5.73 Å². The molecule has 0 unspecified atom stereocenters. The van der Waals surface area contributed by atoms with Crippen LogP contribution >= 0.6 is 0 Å². The third-order valence-electron chi connectivity index (χ3n) is 2.90. The number of nitrogens with one attached hydrogen (secondary N) is 1. The van der Waals surface area contributed by atoms with Crippen LogP contribution in [-0.2, 0) is 5.41 Å². The summed E-state index contributed by atoms with van der Waals surface area (Å²) in [6.45, 7) is 8.59. The lowest BCUT2D eigenvalue weighted by atomic mass is 9.84. The van der Waals surface area contributed by atoms with Crippen LogP contribution in [0, 0.1) is 5.82 Å². The van der Waals surface area contributed by atoms with E-state index in [1.54, 1.807) is 12.1 Å². The molecule has 0 amide bonds. The van der Waals surface area contributed by atoms with Crippen LogP contribution in [0.4, 0.5) is 4.39 Å². The molecule has 0 spiro atoms. The minimum Gasteiger partial charge on any atom is -0.491 e. The van der Waals surface area contributed by atoms with E-state index in [0.29, 0.717) is 18.9 Å². The van der Waals surface area contributed by atoms with E-state index in [1.165, 1.54) is 0 Å². The fourth-order valence-corrected chi connectivity index (χ4v) is 1.80. The van der Waals surface area contributed by atoms with E-state index >= 15 is 0 Å². The van der Waals surface area contributed by atoms with Crippen molar-refractivity contribution < 1.29 is 9.13 Å². The van der Waals surface area contributed by atoms with Gasteiger partial charge in [-0.05, 0) is 24.6 Å². The fraction of sp³-hybridized carbons (Fsp3) is 0.571. The maximum Gasteiger partial charge on any atom is 0.165 e. The molecule has 0 fully saturated rings. The zero-order valence-electron chi connectivity index (χ0n) is 11.4. The predicted octanol–water partition coefficient (Wildman–Crippen LogP) is 2.05. The van der Waals surface area contributed by atoms with Gasteiger partial charge in [0.1, 0.15) is 0 Å². The van der Waals surface area contributed by atoms with Gasteiger partial charge in [-0.25, -0.2) is 4.39 Å². The van der Waals surface area contributed by atoms with Gasteiger partial charge in [0.15, 0.2) is 11.6 Å². The first-order valence-corrected chi connectivity index (χ1v) is 6.35. The fourth-order valence-electron chi connectivity index (χ4n) is 1.80. The van der Waals surface area contributed by atoms with Crippen molar-refractivity contribution in [1.82, 2.24) is 5.32 Å². The van der Waals surface area contributed by atoms with Gasteiger partial charge < -0.3 is 15.8 Å². The molecule has 102 valence electrons. The second kappa shape index (κ2) is 6.71. The van der Waals surface area contributed by atoms with Gasteiger partial charge >= 0.3 is 0 Å². The molecule has 3 nitrogen and oxygen atoms in total. The average molecular weight is 254 g/mol. The summed E-state index contributed by atoms with van der Waals surface area (Å²) in [7, 11) is 0. The Morgan fingerprint density at radius 1 is 1.39 bits per heavy atom. The molecular weight excluding hydrogens is 231 g/mol. The number of benzene rings is 1. The first kappa shape index (κ1) is 14.9. The quantitative estimate of drug-likeness (QED) is 0.732. The molecule has 0 radical (unpaired) electrons. The smallest absolute Gasteiger partial charge is 0.165 e. The van der Waals surface area contributed by atoms with Crippen LogP contribution in [0.1, 0.15) is 26.3 Å². The summed E-state index contributed by atoms with van der Waals surface area (Å²) < 4.78 is 19.0. The summed E-state index contributed by atoms with van der Waals surface area (Å²) in [5, 5.41) is 3.25. The number of hydrogen-bond acceptors (Lipinski definition) is 3. The molecule has 4 heteroatoms. The Kier molecular flexibility index (Phi) is 5.56. The van der Waals surface area contributed by atoms with E-state index in [0.717, 1.165) is 18.7 Å². The topological polar surface area (TPSA) is 47.3 Å². The second-order valence-corrected chi connectivity index (χ2v) is 4.93. The van der Waals surface area contributed by atoms with Gasteiger partial charge in [0.05, 0.1) is 6.61 Å². The minimum absolute atomic E-state index is 0.138. The Morgan fingerprint density at radius 2 is 2.11 bits per heavy atom. The van der Waals surface area contributed by atoms with E-state index < -0.39 is 0 Å². The van der Waals surface area contributed by atoms with E-state index in [-0.39, 0.29) is 11.2 Å². The number of nitrogens with two attached hydrogens (primary N) is 1. The Balaban J connectivity index is 2.79. The van der Waals surface area contributed by atoms with Crippen molar-refractivity contribution in [2.75, 3.05) is 26.2 Å². The highest BCUT2D eigenvalue weighted by molar-refractivity contribution is 5.33. The molecule has 0 aromatic heterocycles. The van der Waals surface area contributed by atoms with Crippen LogP contribution in [-0.4, -0.2) is 26.2 Å². The monoisotopic (exact) mass is 254 g/mol. The molecule has 1 rings (SSSR count). The maximum absolute atomic E-state index is 13.8. The van der Waals surface area contributed by atoms with Gasteiger partial charge in [0.2, 0.25) is 0 Å². The third kappa shape index (κ3) is 3.96. The van der Waals surface area contributed by atoms with Crippen molar-refractivity contribution in [1.29, 1.82) is 0 Å². The normalized spacial score (nSPS) is 11.6. The molecule has 0 saturated carbocycles. The zero-order valence-corrected chi connectivity index (χ0v) is 11.4. The Bertz CT molecular complexity index is 380. The Labute approximate surface area is 109 Å². The lowest BCUT2D eigenvalue weighted by molar-refractivity contribution is 0.320. The molecule has 0 aliphatic carbocycles. The largest absolute Gasteiger partial charge is 0.491 e. The molecule has 0 heterocycles. The highest BCUT2D eigenvalue weighted by Gasteiger charge is 2.21. The minimum atomic E-state index is -0.304. The van der Waals surface area contributed by atoms with Crippen molar-refractivity contribution in [3.8, 4) is 5.75 Å². The number of ether oxygens (including phenoxy) is 1. The van der Waals surface area contributed by atoms with Crippen molar-refractivity contribution in [3.05, 3.63) is 29.6 Å². The van der Waals surface area contributed by atoms with Crippen LogP contribution in [0.5, 0.6) is 5.75 Å². The molecule has 0 bridgehead atoms. The summed E-state index contributed by atoms with van der Waals surface area (Å²) in [6.07, 6.45) is 0. The molecule has 3 N–H and O–H groups in total. The van der Waals surface area contributed by atoms with E-state index in [1.807, 2.05) is 13.0 Å². The highest BCUT2D eigenvalue weighted by Crippen LogP contribution is 2.27. The van der Waals surface area contributed by atoms with Crippen LogP contribution < -0.4 is 15.8 Å². The van der Waals surface area contributed by atoms with E-state index in [2.05, 4.69) is 19.2 Å². The van der Waals surface area contributed by atoms with E-state index in [9.17, 15) is 4.39 Å². The van der Waals surface area contributed by atoms with Gasteiger partial charge in [0.25, 0.3) is 0 Å². The number of hydrogen-bond donors (Lipinski definition) is 2. The first-order valence-electron chi connectivity index (χ1n) is 6.35. The van der Waals surface area contributed by atoms with Crippen LogP contribution in [0.15, 0.2) is 18.2 Å². The molecule has 1 aromatic carbocycles. The summed E-state index contributed by atoms with van der Waals surface area (Å²) in [5.41, 5.74) is 6.25. The summed E-state index contributed by atoms with van der Waals surface area (Å²) in [5.74, 6) is 0.00761. The average Bonchev–Trinajstić information content (AvgIpc) is 2.32. The van der Waals surface area contributed by atoms with E-state index in [4.69, 9.17) is 10.5 Å². The van der Waals surface area contributed by atoms with Gasteiger partial charge in [-0.2, -0.15) is 0 Å². The summed E-state index contributed by atoms with van der Waals surface area (Å²) >= 11 is 0. The summed E-state index contributed by atoms with van der Waals surface area (Å²) in [4.78, 5) is 0. The van der Waals surface area contributed by atoms with Gasteiger partial charge in [-0.1, -0.05) is 19.9 Å². The number of rotatable bonds is 7. The lowest BCUT2D eigenvalue weighted by Gasteiger charge is -2.26. The summed E-state index contributed by atoms with van der Waals surface area (Å²) in [6, 6.07) is 5.16. The maximum atomic E-state index is 13.8. The van der Waals surface area contributed by atoms with Gasteiger partial charge in [-0.3, -0.25) is 0 Å². The van der Waals surface area contributed by atoms with Gasteiger partial charge in [-0.15, -0.1) is 0 Å². The van der Waals surface area contributed by atoms with Crippen molar-refractivity contribution in [2.45, 2.75) is 26.2 Å². The third-order valence-corrected chi connectivity index (χ3v) is 2.90. The predicted molar refractivity (Wildman–Crippen MR) is 72.5 cm³/mol. The molecule has 0 atom stereocenters. The molecule has 0 aliphatic heterocycles. The van der Waals surface area contributed by atoms with Crippen molar-refractivity contribution >= 4 is 0 Å². The van der Waals surface area contributed by atoms with Crippen LogP contribution in [0.25, 0.3) is 0 Å². The van der Waals surface area contributed by atoms with Crippen LogP contribution in [0.3, 0.4) is 0 Å². The van der Waals surface area contributed by atoms with Gasteiger partial charge in [0, 0.05) is 25.0 Å². The molecule has 1 aromatic rings. The highest BCUT2D eigenvalue weighted by atomic mass is 19.1. The number of halogens is 1. The molecule has 18 heavy (non-hydrogen) atoms. The molecular formula is C14H23FN2O. The zero-order chi connectivity index (χ0) is 13.6. The standard InChI is InChI=1S/C14H23FN2O/c1-4-18-13-6-5-11(9-12(13)15)14(2,3)10-17-8-7-16/h5-6,9,17H,4,7-8,10,16H2,1-3H3. The second-order valence-electron chi connectivity index (χ2n) is 4.93. The van der Waals surface area contributed by atoms with Crippen LogP contribution in [0.2, 0.25) is 0 Å².